The van der Waals surface area contributed by atoms with Crippen LogP contribution in [0.25, 0.3) is 10.1 Å². The van der Waals surface area contributed by atoms with E-state index in [-0.39, 0.29) is 0 Å². The van der Waals surface area contributed by atoms with Crippen LogP contribution in [0.2, 0.25) is 0 Å². The first kappa shape index (κ1) is 8.09. The maximum Gasteiger partial charge on any atom is 0.0670 e. The minimum absolute atomic E-state index is 0.389. The predicted octanol–water partition coefficient (Wildman–Crippen LogP) is 2.55. The molecule has 2 rings (SSSR count). The molecule has 0 radical (unpaired) electrons. The molecule has 0 unspecified atom stereocenters. The van der Waals surface area contributed by atoms with E-state index >= 15 is 0 Å². The van der Waals surface area contributed by atoms with Gasteiger partial charge < -0.3 is 5.73 Å². The molecule has 0 aliphatic carbocycles. The van der Waals surface area contributed by atoms with Crippen molar-refractivity contribution in [3.05, 3.63) is 29.1 Å². The van der Waals surface area contributed by atoms with Crippen molar-refractivity contribution < 1.29 is 0 Å². The molecule has 0 amide bonds. The Bertz CT molecular complexity index is 479. The average Bonchev–Trinajstić information content (AvgIpc) is 2.58. The van der Waals surface area contributed by atoms with Gasteiger partial charge in [-0.1, -0.05) is 12.1 Å². The van der Waals surface area contributed by atoms with Gasteiger partial charge in [-0.2, -0.15) is 5.26 Å². The van der Waals surface area contributed by atoms with Gasteiger partial charge in [0.1, 0.15) is 0 Å². The Labute approximate surface area is 80.2 Å². The minimum atomic E-state index is 0.389. The van der Waals surface area contributed by atoms with Gasteiger partial charge in [0, 0.05) is 0 Å². The summed E-state index contributed by atoms with van der Waals surface area (Å²) in [4.78, 5) is 0. The number of rotatable bonds is 1. The van der Waals surface area contributed by atoms with E-state index in [0.29, 0.717) is 6.42 Å². The fourth-order valence-electron chi connectivity index (χ4n) is 1.33. The molecule has 3 heteroatoms. The molecule has 13 heavy (non-hydrogen) atoms. The number of nitrogen functional groups attached to an aromatic ring is 1. The first-order chi connectivity index (χ1) is 6.33. The van der Waals surface area contributed by atoms with Crippen LogP contribution in [-0.4, -0.2) is 0 Å². The SMILES string of the molecule is N#CCc1ccc2ccsc2c1N. The molecule has 2 nitrogen and oxygen atoms in total. The van der Waals surface area contributed by atoms with Crippen LogP contribution in [0.15, 0.2) is 23.6 Å². The maximum atomic E-state index is 8.56. The Hall–Kier alpha value is -1.53. The topological polar surface area (TPSA) is 49.8 Å². The molecule has 0 fully saturated rings. The number of nitrogens with two attached hydrogens (primary N) is 1. The Morgan fingerprint density at radius 3 is 3.00 bits per heavy atom. The molecule has 0 saturated carbocycles. The van der Waals surface area contributed by atoms with E-state index in [0.717, 1.165) is 21.3 Å². The van der Waals surface area contributed by atoms with Gasteiger partial charge in [-0.3, -0.25) is 0 Å². The van der Waals surface area contributed by atoms with Crippen LogP contribution in [0.3, 0.4) is 0 Å². The third-order valence-electron chi connectivity index (χ3n) is 2.02. The van der Waals surface area contributed by atoms with Gasteiger partial charge in [-0.05, 0) is 22.4 Å². The number of anilines is 1. The number of thiophene rings is 1. The summed E-state index contributed by atoms with van der Waals surface area (Å²) in [6.07, 6.45) is 0.389. The highest BCUT2D eigenvalue weighted by Gasteiger charge is 2.04. The van der Waals surface area contributed by atoms with Crippen LogP contribution < -0.4 is 5.73 Å². The summed E-state index contributed by atoms with van der Waals surface area (Å²) in [7, 11) is 0. The van der Waals surface area contributed by atoms with Crippen LogP contribution >= 0.6 is 11.3 Å². The Morgan fingerprint density at radius 2 is 2.23 bits per heavy atom. The van der Waals surface area contributed by atoms with E-state index in [1.54, 1.807) is 11.3 Å². The maximum absolute atomic E-state index is 8.56. The molecule has 1 heterocycles. The van der Waals surface area contributed by atoms with Gasteiger partial charge in [0.05, 0.1) is 22.9 Å². The van der Waals surface area contributed by atoms with E-state index in [1.807, 2.05) is 23.6 Å². The van der Waals surface area contributed by atoms with Crippen molar-refractivity contribution in [2.45, 2.75) is 6.42 Å². The van der Waals surface area contributed by atoms with Crippen molar-refractivity contribution in [3.8, 4) is 6.07 Å². The Morgan fingerprint density at radius 1 is 1.38 bits per heavy atom. The zero-order valence-corrected chi connectivity index (χ0v) is 7.77. The number of fused-ring (bicyclic) bond motifs is 1. The minimum Gasteiger partial charge on any atom is -0.397 e. The highest BCUT2D eigenvalue weighted by atomic mass is 32.1. The molecule has 0 spiro atoms. The van der Waals surface area contributed by atoms with Gasteiger partial charge in [0.2, 0.25) is 0 Å². The molecule has 64 valence electrons. The molecule has 0 saturated heterocycles. The largest absolute Gasteiger partial charge is 0.397 e. The third kappa shape index (κ3) is 1.25. The lowest BCUT2D eigenvalue weighted by molar-refractivity contribution is 1.28. The lowest BCUT2D eigenvalue weighted by Gasteiger charge is -2.01. The molecule has 0 aliphatic heterocycles. The summed E-state index contributed by atoms with van der Waals surface area (Å²) in [6.45, 7) is 0. The predicted molar refractivity (Wildman–Crippen MR) is 55.6 cm³/mol. The molecule has 1 aromatic heterocycles. The second-order valence-corrected chi connectivity index (χ2v) is 3.73. The molecule has 2 aromatic rings. The summed E-state index contributed by atoms with van der Waals surface area (Å²) in [5.74, 6) is 0. The highest BCUT2D eigenvalue weighted by molar-refractivity contribution is 7.17. The monoisotopic (exact) mass is 188 g/mol. The Kier molecular flexibility index (Phi) is 1.91. The second-order valence-electron chi connectivity index (χ2n) is 2.81. The Balaban J connectivity index is 2.67. The number of nitrogens with zero attached hydrogens (tertiary/aromatic N) is 1. The van der Waals surface area contributed by atoms with Gasteiger partial charge in [-0.15, -0.1) is 11.3 Å². The van der Waals surface area contributed by atoms with E-state index in [1.165, 1.54) is 0 Å². The third-order valence-corrected chi connectivity index (χ3v) is 2.98. The first-order valence-corrected chi connectivity index (χ1v) is 4.82. The smallest absolute Gasteiger partial charge is 0.0670 e. The fraction of sp³-hybridized carbons (Fsp3) is 0.100. The summed E-state index contributed by atoms with van der Waals surface area (Å²) in [6, 6.07) is 8.07. The van der Waals surface area contributed by atoms with Crippen LogP contribution in [0.4, 0.5) is 5.69 Å². The molecule has 0 aliphatic rings. The van der Waals surface area contributed by atoms with E-state index < -0.39 is 0 Å². The van der Waals surface area contributed by atoms with Crippen molar-refractivity contribution in [1.29, 1.82) is 5.26 Å². The average molecular weight is 188 g/mol. The van der Waals surface area contributed by atoms with Crippen LogP contribution in [0.5, 0.6) is 0 Å². The van der Waals surface area contributed by atoms with Crippen LogP contribution in [0.1, 0.15) is 5.56 Å². The summed E-state index contributed by atoms with van der Waals surface area (Å²) < 4.78 is 1.09. The lowest BCUT2D eigenvalue weighted by atomic mass is 10.1. The molecular formula is C10H8N2S. The summed E-state index contributed by atoms with van der Waals surface area (Å²) in [5.41, 5.74) is 7.60. The first-order valence-electron chi connectivity index (χ1n) is 3.94. The van der Waals surface area contributed by atoms with Crippen LogP contribution in [-0.2, 0) is 6.42 Å². The van der Waals surface area contributed by atoms with Gasteiger partial charge in [0.15, 0.2) is 0 Å². The molecular weight excluding hydrogens is 180 g/mol. The van der Waals surface area contributed by atoms with Crippen molar-refractivity contribution in [3.63, 3.8) is 0 Å². The van der Waals surface area contributed by atoms with Crippen molar-refractivity contribution >= 4 is 27.1 Å². The van der Waals surface area contributed by atoms with Crippen LogP contribution in [0, 0.1) is 11.3 Å². The molecule has 2 N–H and O–H groups in total. The van der Waals surface area contributed by atoms with Crippen molar-refractivity contribution in [2.24, 2.45) is 0 Å². The number of hydrogen-bond donors (Lipinski definition) is 1. The van der Waals surface area contributed by atoms with Crippen molar-refractivity contribution in [2.75, 3.05) is 5.73 Å². The number of nitriles is 1. The van der Waals surface area contributed by atoms with Gasteiger partial charge >= 0.3 is 0 Å². The molecule has 0 atom stereocenters. The van der Waals surface area contributed by atoms with Crippen molar-refractivity contribution in [1.82, 2.24) is 0 Å². The van der Waals surface area contributed by atoms with E-state index in [9.17, 15) is 0 Å². The molecule has 1 aromatic carbocycles. The van der Waals surface area contributed by atoms with Gasteiger partial charge in [0.25, 0.3) is 0 Å². The molecule has 0 bridgehead atoms. The summed E-state index contributed by atoms with van der Waals surface area (Å²) in [5, 5.41) is 11.7. The van der Waals surface area contributed by atoms with E-state index in [4.69, 9.17) is 11.0 Å². The lowest BCUT2D eigenvalue weighted by Crippen LogP contribution is -1.92. The normalized spacial score (nSPS) is 10.1. The summed E-state index contributed by atoms with van der Waals surface area (Å²) >= 11 is 1.62. The highest BCUT2D eigenvalue weighted by Crippen LogP contribution is 2.29. The second kappa shape index (κ2) is 3.08. The zero-order valence-electron chi connectivity index (χ0n) is 6.95. The quantitative estimate of drug-likeness (QED) is 0.699. The van der Waals surface area contributed by atoms with Gasteiger partial charge in [-0.25, -0.2) is 0 Å². The zero-order chi connectivity index (χ0) is 9.26. The van der Waals surface area contributed by atoms with E-state index in [2.05, 4.69) is 6.07 Å². The standard InChI is InChI=1S/C10H8N2S/c11-5-3-7-1-2-8-4-6-13-10(8)9(7)12/h1-2,4,6H,3,12H2. The number of benzene rings is 1. The number of hydrogen-bond acceptors (Lipinski definition) is 3. The fourth-order valence-corrected chi connectivity index (χ4v) is 2.22.